The van der Waals surface area contributed by atoms with Gasteiger partial charge in [0, 0.05) is 26.7 Å². The van der Waals surface area contributed by atoms with Gasteiger partial charge in [0.05, 0.1) is 5.56 Å². The van der Waals surface area contributed by atoms with Crippen LogP contribution in [0, 0.1) is 0 Å². The van der Waals surface area contributed by atoms with Crippen molar-refractivity contribution in [3.05, 3.63) is 35.4 Å². The van der Waals surface area contributed by atoms with Gasteiger partial charge in [0.15, 0.2) is 0 Å². The van der Waals surface area contributed by atoms with Crippen LogP contribution in [-0.4, -0.2) is 54.8 Å². The Morgan fingerprint density at radius 2 is 2.00 bits per heavy atom. The van der Waals surface area contributed by atoms with E-state index in [1.165, 1.54) is 8.61 Å². The molecule has 0 spiro atoms. The van der Waals surface area contributed by atoms with Crippen molar-refractivity contribution in [1.29, 1.82) is 0 Å². The molecule has 0 amide bonds. The molecule has 0 bridgehead atoms. The monoisotopic (exact) mass is 326 g/mol. The molecule has 1 unspecified atom stereocenters. The van der Waals surface area contributed by atoms with Crippen LogP contribution in [0.3, 0.4) is 0 Å². The molecule has 1 heterocycles. The molecule has 1 aromatic rings. The molecule has 0 radical (unpaired) electrons. The first kappa shape index (κ1) is 16.9. The van der Waals surface area contributed by atoms with E-state index in [2.05, 4.69) is 0 Å². The van der Waals surface area contributed by atoms with Gasteiger partial charge in [-0.2, -0.15) is 17.0 Å². The average Bonchev–Trinajstić information content (AvgIpc) is 2.54. The summed E-state index contributed by atoms with van der Waals surface area (Å²) in [6, 6.07) is 6.72. The van der Waals surface area contributed by atoms with Crippen LogP contribution >= 0.6 is 0 Å². The minimum atomic E-state index is -3.40. The van der Waals surface area contributed by atoms with Crippen LogP contribution < -0.4 is 0 Å². The van der Waals surface area contributed by atoms with Crippen LogP contribution in [0.5, 0.6) is 0 Å². The van der Waals surface area contributed by atoms with Crippen molar-refractivity contribution < 1.29 is 18.3 Å². The van der Waals surface area contributed by atoms with Gasteiger partial charge in [0.1, 0.15) is 0 Å². The standard InChI is InChI=1S/C15H22N2O4S/c1-3-16(2)22(20,21)17-10-4-5-14(11-17)12-6-8-13(9-7-12)15(18)19/h6-9,14H,3-5,10-11H2,1-2H3,(H,18,19). The molecular formula is C15H22N2O4S. The lowest BCUT2D eigenvalue weighted by Gasteiger charge is -2.34. The van der Waals surface area contributed by atoms with E-state index in [0.29, 0.717) is 19.6 Å². The normalized spacial score (nSPS) is 20.2. The van der Waals surface area contributed by atoms with Crippen molar-refractivity contribution in [2.24, 2.45) is 0 Å². The molecule has 0 aromatic heterocycles. The molecule has 1 saturated heterocycles. The molecule has 122 valence electrons. The maximum absolute atomic E-state index is 12.4. The van der Waals surface area contributed by atoms with Gasteiger partial charge >= 0.3 is 5.97 Å². The van der Waals surface area contributed by atoms with Gasteiger partial charge in [-0.15, -0.1) is 0 Å². The third-order valence-corrected chi connectivity index (χ3v) is 6.21. The number of rotatable bonds is 5. The molecule has 0 saturated carbocycles. The molecule has 1 atom stereocenters. The summed E-state index contributed by atoms with van der Waals surface area (Å²) in [5.74, 6) is -0.847. The third kappa shape index (κ3) is 3.48. The molecule has 6 nitrogen and oxygen atoms in total. The summed E-state index contributed by atoms with van der Waals surface area (Å²) in [5, 5.41) is 8.93. The fourth-order valence-electron chi connectivity index (χ4n) is 2.68. The Morgan fingerprint density at radius 1 is 1.36 bits per heavy atom. The molecular weight excluding hydrogens is 304 g/mol. The predicted molar refractivity (Wildman–Crippen MR) is 84.2 cm³/mol. The zero-order chi connectivity index (χ0) is 16.3. The molecule has 2 rings (SSSR count). The van der Waals surface area contributed by atoms with E-state index in [1.54, 1.807) is 31.3 Å². The van der Waals surface area contributed by atoms with Gasteiger partial charge in [0.2, 0.25) is 0 Å². The topological polar surface area (TPSA) is 77.9 Å². The van der Waals surface area contributed by atoms with Gasteiger partial charge in [-0.25, -0.2) is 4.79 Å². The Morgan fingerprint density at radius 3 is 2.55 bits per heavy atom. The maximum Gasteiger partial charge on any atom is 0.335 e. The van der Waals surface area contributed by atoms with Crippen LogP contribution in [0.2, 0.25) is 0 Å². The second kappa shape index (κ2) is 6.76. The Balaban J connectivity index is 2.15. The van der Waals surface area contributed by atoms with Gasteiger partial charge < -0.3 is 5.11 Å². The smallest absolute Gasteiger partial charge is 0.335 e. The SMILES string of the molecule is CCN(C)S(=O)(=O)N1CCCC(c2ccc(C(=O)O)cc2)C1. The summed E-state index contributed by atoms with van der Waals surface area (Å²) < 4.78 is 27.7. The predicted octanol–water partition coefficient (Wildman–Crippen LogP) is 1.76. The van der Waals surface area contributed by atoms with Gasteiger partial charge in [-0.3, -0.25) is 0 Å². The van der Waals surface area contributed by atoms with Gasteiger partial charge in [-0.05, 0) is 36.5 Å². The van der Waals surface area contributed by atoms with Crippen molar-refractivity contribution in [1.82, 2.24) is 8.61 Å². The number of nitrogens with zero attached hydrogens (tertiary/aromatic N) is 2. The highest BCUT2D eigenvalue weighted by atomic mass is 32.2. The van der Waals surface area contributed by atoms with E-state index in [4.69, 9.17) is 5.11 Å². The second-order valence-corrected chi connectivity index (χ2v) is 7.58. The molecule has 22 heavy (non-hydrogen) atoms. The van der Waals surface area contributed by atoms with E-state index in [1.807, 2.05) is 6.92 Å². The molecule has 1 aromatic carbocycles. The summed E-state index contributed by atoms with van der Waals surface area (Å²) in [7, 11) is -1.82. The lowest BCUT2D eigenvalue weighted by Crippen LogP contribution is -2.46. The summed E-state index contributed by atoms with van der Waals surface area (Å²) in [5.41, 5.74) is 1.24. The lowest BCUT2D eigenvalue weighted by molar-refractivity contribution is 0.0697. The number of carbonyl (C=O) groups is 1. The number of piperidine rings is 1. The number of carboxylic acids is 1. The van der Waals surface area contributed by atoms with E-state index >= 15 is 0 Å². The maximum atomic E-state index is 12.4. The van der Waals surface area contributed by atoms with E-state index in [9.17, 15) is 13.2 Å². The third-order valence-electron chi connectivity index (χ3n) is 4.18. The van der Waals surface area contributed by atoms with Gasteiger partial charge in [0.25, 0.3) is 10.2 Å². The number of benzene rings is 1. The van der Waals surface area contributed by atoms with E-state index < -0.39 is 16.2 Å². The van der Waals surface area contributed by atoms with E-state index in [-0.39, 0.29) is 11.5 Å². The van der Waals surface area contributed by atoms with Crippen LogP contribution in [0.4, 0.5) is 0 Å². The molecule has 7 heteroatoms. The highest BCUT2D eigenvalue weighted by Crippen LogP contribution is 2.29. The molecule has 0 aliphatic carbocycles. The number of hydrogen-bond acceptors (Lipinski definition) is 3. The van der Waals surface area contributed by atoms with Gasteiger partial charge in [-0.1, -0.05) is 19.1 Å². The zero-order valence-electron chi connectivity index (χ0n) is 12.9. The average molecular weight is 326 g/mol. The minimum absolute atomic E-state index is 0.108. The quantitative estimate of drug-likeness (QED) is 0.894. The van der Waals surface area contributed by atoms with Crippen LogP contribution in [0.15, 0.2) is 24.3 Å². The highest BCUT2D eigenvalue weighted by molar-refractivity contribution is 7.86. The van der Waals surface area contributed by atoms with Crippen molar-refractivity contribution in [2.75, 3.05) is 26.7 Å². The molecule has 1 aliphatic heterocycles. The van der Waals surface area contributed by atoms with Crippen molar-refractivity contribution in [3.63, 3.8) is 0 Å². The Labute approximate surface area is 131 Å². The Bertz CT molecular complexity index is 627. The van der Waals surface area contributed by atoms with Crippen LogP contribution in [0.1, 0.15) is 41.6 Å². The van der Waals surface area contributed by atoms with Crippen molar-refractivity contribution >= 4 is 16.2 Å². The summed E-state index contributed by atoms with van der Waals surface area (Å²) >= 11 is 0. The zero-order valence-corrected chi connectivity index (χ0v) is 13.7. The van der Waals surface area contributed by atoms with Crippen molar-refractivity contribution in [2.45, 2.75) is 25.7 Å². The molecule has 1 fully saturated rings. The highest BCUT2D eigenvalue weighted by Gasteiger charge is 2.31. The summed E-state index contributed by atoms with van der Waals surface area (Å²) in [6.45, 7) is 3.23. The second-order valence-electron chi connectivity index (χ2n) is 5.55. The fraction of sp³-hybridized carbons (Fsp3) is 0.533. The fourth-order valence-corrected chi connectivity index (χ4v) is 4.13. The first-order valence-corrected chi connectivity index (χ1v) is 8.80. The van der Waals surface area contributed by atoms with Crippen molar-refractivity contribution in [3.8, 4) is 0 Å². The Hall–Kier alpha value is -1.44. The van der Waals surface area contributed by atoms with E-state index in [0.717, 1.165) is 18.4 Å². The minimum Gasteiger partial charge on any atom is -0.478 e. The number of hydrogen-bond donors (Lipinski definition) is 1. The van der Waals surface area contributed by atoms with Crippen LogP contribution in [0.25, 0.3) is 0 Å². The lowest BCUT2D eigenvalue weighted by atomic mass is 9.91. The largest absolute Gasteiger partial charge is 0.478 e. The Kier molecular flexibility index (Phi) is 5.20. The summed E-state index contributed by atoms with van der Waals surface area (Å²) in [4.78, 5) is 10.9. The first-order chi connectivity index (χ1) is 10.4. The summed E-state index contributed by atoms with van der Waals surface area (Å²) in [6.07, 6.45) is 1.72. The number of aromatic carboxylic acids is 1. The number of carboxylic acid groups (broad SMARTS) is 1. The first-order valence-electron chi connectivity index (χ1n) is 7.41. The molecule has 1 aliphatic rings. The molecule has 1 N–H and O–H groups in total. The van der Waals surface area contributed by atoms with Crippen LogP contribution in [-0.2, 0) is 10.2 Å².